The Morgan fingerprint density at radius 2 is 1.96 bits per heavy atom. The maximum absolute atomic E-state index is 12.3. The van der Waals surface area contributed by atoms with Crippen molar-refractivity contribution in [2.45, 2.75) is 26.4 Å². The third kappa shape index (κ3) is 3.60. The molecule has 6 heteroatoms. The number of rotatable bonds is 5. The smallest absolute Gasteiger partial charge is 0.311 e. The molecule has 0 fully saturated rings. The van der Waals surface area contributed by atoms with Crippen molar-refractivity contribution < 1.29 is 18.4 Å². The molecule has 0 saturated carbocycles. The molecule has 136 valence electrons. The Morgan fingerprint density at radius 3 is 2.78 bits per heavy atom. The molecule has 1 atom stereocenters. The van der Waals surface area contributed by atoms with Crippen molar-refractivity contribution in [1.29, 1.82) is 0 Å². The molecule has 0 N–H and O–H groups in total. The molecule has 6 nitrogen and oxygen atoms in total. The predicted molar refractivity (Wildman–Crippen MR) is 98.9 cm³/mol. The minimum atomic E-state index is -0.636. The molecule has 4 rings (SSSR count). The minimum absolute atomic E-state index is 0.111. The van der Waals surface area contributed by atoms with Gasteiger partial charge in [-0.3, -0.25) is 4.79 Å². The number of furan rings is 1. The number of benzene rings is 2. The lowest BCUT2D eigenvalue weighted by atomic mass is 10.1. The summed E-state index contributed by atoms with van der Waals surface area (Å²) in [5.41, 5.74) is 3.47. The first kappa shape index (κ1) is 17.0. The number of carbonyl (C=O) groups excluding carboxylic acids is 1. The van der Waals surface area contributed by atoms with Crippen molar-refractivity contribution in [2.75, 3.05) is 0 Å². The fourth-order valence-electron chi connectivity index (χ4n) is 2.87. The van der Waals surface area contributed by atoms with Crippen LogP contribution in [0.3, 0.4) is 0 Å². The number of aromatic nitrogens is 2. The zero-order valence-electron chi connectivity index (χ0n) is 15.0. The highest BCUT2D eigenvalue weighted by molar-refractivity contribution is 5.86. The number of hydrogen-bond acceptors (Lipinski definition) is 6. The Kier molecular flexibility index (Phi) is 4.46. The number of esters is 1. The monoisotopic (exact) mass is 362 g/mol. The number of hydrogen-bond donors (Lipinski definition) is 0. The normalized spacial score (nSPS) is 12.2. The van der Waals surface area contributed by atoms with Crippen LogP contribution >= 0.6 is 0 Å². The van der Waals surface area contributed by atoms with Gasteiger partial charge < -0.3 is 13.6 Å². The van der Waals surface area contributed by atoms with E-state index in [9.17, 15) is 4.79 Å². The highest BCUT2D eigenvalue weighted by atomic mass is 16.6. The second-order valence-electron chi connectivity index (χ2n) is 6.38. The van der Waals surface area contributed by atoms with Gasteiger partial charge in [0.2, 0.25) is 5.89 Å². The Bertz CT molecular complexity index is 1080. The van der Waals surface area contributed by atoms with E-state index in [1.165, 1.54) is 0 Å². The first-order valence-corrected chi connectivity index (χ1v) is 8.65. The molecule has 0 aliphatic rings. The van der Waals surface area contributed by atoms with Crippen LogP contribution in [0.4, 0.5) is 0 Å². The molecule has 2 aromatic heterocycles. The van der Waals surface area contributed by atoms with E-state index < -0.39 is 6.10 Å². The van der Waals surface area contributed by atoms with Crippen molar-refractivity contribution in [3.8, 4) is 11.5 Å². The van der Waals surface area contributed by atoms with Crippen LogP contribution in [0.5, 0.6) is 0 Å². The maximum atomic E-state index is 12.3. The van der Waals surface area contributed by atoms with Crippen molar-refractivity contribution in [1.82, 2.24) is 10.2 Å². The first-order valence-electron chi connectivity index (χ1n) is 8.65. The van der Waals surface area contributed by atoms with Gasteiger partial charge in [-0.1, -0.05) is 30.3 Å². The summed E-state index contributed by atoms with van der Waals surface area (Å²) in [4.78, 5) is 12.3. The standard InChI is InChI=1S/C21H18N2O4/c1-13-8-9-17-16(12-25-18(17)10-13)11-19(24)26-14(2)20-22-23-21(27-20)15-6-4-3-5-7-15/h3-10,12,14H,11H2,1-2H3/t14-/m1/s1. The van der Waals surface area contributed by atoms with E-state index in [-0.39, 0.29) is 18.3 Å². The fraction of sp³-hybridized carbons (Fsp3) is 0.190. The van der Waals surface area contributed by atoms with E-state index in [1.54, 1.807) is 13.2 Å². The van der Waals surface area contributed by atoms with Crippen LogP contribution in [0.15, 0.2) is 63.6 Å². The minimum Gasteiger partial charge on any atom is -0.464 e. The molecule has 27 heavy (non-hydrogen) atoms. The van der Waals surface area contributed by atoms with E-state index in [2.05, 4.69) is 10.2 Å². The molecule has 0 saturated heterocycles. The van der Waals surface area contributed by atoms with Crippen LogP contribution in [0, 0.1) is 6.92 Å². The van der Waals surface area contributed by atoms with E-state index in [4.69, 9.17) is 13.6 Å². The van der Waals surface area contributed by atoms with Crippen LogP contribution in [0.1, 0.15) is 30.0 Å². The summed E-state index contributed by atoms with van der Waals surface area (Å²) in [6.07, 6.45) is 1.07. The molecule has 0 unspecified atom stereocenters. The summed E-state index contributed by atoms with van der Waals surface area (Å²) < 4.78 is 16.6. The van der Waals surface area contributed by atoms with Gasteiger partial charge in [-0.15, -0.1) is 10.2 Å². The number of nitrogens with zero attached hydrogens (tertiary/aromatic N) is 2. The summed E-state index contributed by atoms with van der Waals surface area (Å²) in [6, 6.07) is 15.3. The van der Waals surface area contributed by atoms with Crippen LogP contribution in [0.25, 0.3) is 22.4 Å². The SMILES string of the molecule is Cc1ccc2c(CC(=O)O[C@H](C)c3nnc(-c4ccccc4)o3)coc2c1. The first-order chi connectivity index (χ1) is 13.1. The molecular weight excluding hydrogens is 344 g/mol. The lowest BCUT2D eigenvalue weighted by Gasteiger charge is -2.08. The van der Waals surface area contributed by atoms with Crippen molar-refractivity contribution in [2.24, 2.45) is 0 Å². The Labute approximate surface area is 155 Å². The fourth-order valence-corrected chi connectivity index (χ4v) is 2.87. The van der Waals surface area contributed by atoms with Gasteiger partial charge in [0, 0.05) is 16.5 Å². The molecule has 2 heterocycles. The highest BCUT2D eigenvalue weighted by Crippen LogP contribution is 2.25. The molecule has 2 aromatic carbocycles. The number of aryl methyl sites for hydroxylation is 1. The summed E-state index contributed by atoms with van der Waals surface area (Å²) in [6.45, 7) is 3.70. The van der Waals surface area contributed by atoms with Gasteiger partial charge >= 0.3 is 5.97 Å². The Morgan fingerprint density at radius 1 is 1.15 bits per heavy atom. The van der Waals surface area contributed by atoms with Crippen molar-refractivity contribution in [3.05, 3.63) is 71.8 Å². The predicted octanol–water partition coefficient (Wildman–Crippen LogP) is 4.64. The van der Waals surface area contributed by atoms with Gasteiger partial charge in [0.1, 0.15) is 5.58 Å². The molecule has 0 bridgehead atoms. The molecule has 4 aromatic rings. The van der Waals surface area contributed by atoms with Gasteiger partial charge in [-0.05, 0) is 37.6 Å². The number of fused-ring (bicyclic) bond motifs is 1. The quantitative estimate of drug-likeness (QED) is 0.481. The van der Waals surface area contributed by atoms with Crippen molar-refractivity contribution >= 4 is 16.9 Å². The summed E-state index contributed by atoms with van der Waals surface area (Å²) >= 11 is 0. The van der Waals surface area contributed by atoms with Gasteiger partial charge in [-0.25, -0.2) is 0 Å². The second kappa shape index (κ2) is 7.07. The van der Waals surface area contributed by atoms with E-state index in [0.717, 1.165) is 27.7 Å². The van der Waals surface area contributed by atoms with E-state index in [1.807, 2.05) is 55.5 Å². The van der Waals surface area contributed by atoms with Gasteiger partial charge in [0.05, 0.1) is 12.7 Å². The lowest BCUT2D eigenvalue weighted by molar-refractivity contribution is -0.148. The highest BCUT2D eigenvalue weighted by Gasteiger charge is 2.20. The zero-order valence-corrected chi connectivity index (χ0v) is 15.0. The lowest BCUT2D eigenvalue weighted by Crippen LogP contribution is -2.11. The van der Waals surface area contributed by atoms with Crippen LogP contribution in [-0.4, -0.2) is 16.2 Å². The van der Waals surface area contributed by atoms with E-state index >= 15 is 0 Å². The molecule has 0 radical (unpaired) electrons. The average molecular weight is 362 g/mol. The number of carbonyl (C=O) groups is 1. The zero-order chi connectivity index (χ0) is 18.8. The third-order valence-electron chi connectivity index (χ3n) is 4.26. The molecule has 0 spiro atoms. The maximum Gasteiger partial charge on any atom is 0.311 e. The topological polar surface area (TPSA) is 78.4 Å². The third-order valence-corrected chi connectivity index (χ3v) is 4.26. The van der Waals surface area contributed by atoms with Gasteiger partial charge in [-0.2, -0.15) is 0 Å². The largest absolute Gasteiger partial charge is 0.464 e. The van der Waals surface area contributed by atoms with Crippen LogP contribution in [-0.2, 0) is 16.0 Å². The molecule has 0 aliphatic heterocycles. The summed E-state index contributed by atoms with van der Waals surface area (Å²) in [5, 5.41) is 8.92. The molecular formula is C21H18N2O4. The Balaban J connectivity index is 1.44. The van der Waals surface area contributed by atoms with Crippen molar-refractivity contribution in [3.63, 3.8) is 0 Å². The summed E-state index contributed by atoms with van der Waals surface area (Å²) in [5.74, 6) is 0.268. The second-order valence-corrected chi connectivity index (χ2v) is 6.38. The Hall–Kier alpha value is -3.41. The van der Waals surface area contributed by atoms with Crippen LogP contribution in [0.2, 0.25) is 0 Å². The van der Waals surface area contributed by atoms with Crippen LogP contribution < -0.4 is 0 Å². The van der Waals surface area contributed by atoms with E-state index in [0.29, 0.717) is 5.89 Å². The van der Waals surface area contributed by atoms with Gasteiger partial charge in [0.25, 0.3) is 5.89 Å². The van der Waals surface area contributed by atoms with Gasteiger partial charge in [0.15, 0.2) is 6.10 Å². The molecule has 0 amide bonds. The average Bonchev–Trinajstić information content (AvgIpc) is 3.30. The molecule has 0 aliphatic carbocycles. The summed E-state index contributed by atoms with van der Waals surface area (Å²) in [7, 11) is 0. The number of ether oxygens (including phenoxy) is 1.